The van der Waals surface area contributed by atoms with Gasteiger partial charge in [-0.1, -0.05) is 23.4 Å². The molecule has 6 heteroatoms. The minimum Gasteiger partial charge on any atom is -0.349 e. The molecule has 2 saturated carbocycles. The van der Waals surface area contributed by atoms with E-state index in [2.05, 4.69) is 34.5 Å². The van der Waals surface area contributed by atoms with Crippen LogP contribution >= 0.6 is 0 Å². The molecule has 25 heavy (non-hydrogen) atoms. The largest absolute Gasteiger partial charge is 0.349 e. The maximum atomic E-state index is 12.7. The predicted octanol–water partition coefficient (Wildman–Crippen LogP) is 2.36. The molecular weight excluding hydrogens is 314 g/mol. The molecule has 1 unspecified atom stereocenters. The second kappa shape index (κ2) is 6.59. The first kappa shape index (κ1) is 16.3. The number of likely N-dealkylation sites (N-methyl/N-ethyl adjacent to an activating group) is 1. The average molecular weight is 339 g/mol. The van der Waals surface area contributed by atoms with Crippen molar-refractivity contribution < 1.29 is 4.79 Å². The van der Waals surface area contributed by atoms with Crippen LogP contribution in [-0.4, -0.2) is 51.5 Å². The van der Waals surface area contributed by atoms with Gasteiger partial charge in [0.15, 0.2) is 5.69 Å². The summed E-state index contributed by atoms with van der Waals surface area (Å²) in [6.07, 6.45) is 4.74. The van der Waals surface area contributed by atoms with Crippen LogP contribution in [-0.2, 0) is 0 Å². The third-order valence-corrected chi connectivity index (χ3v) is 5.26. The fourth-order valence-electron chi connectivity index (χ4n) is 3.24. The lowest BCUT2D eigenvalue weighted by Crippen LogP contribution is -2.41. The van der Waals surface area contributed by atoms with Gasteiger partial charge in [0.25, 0.3) is 5.91 Å². The van der Waals surface area contributed by atoms with Gasteiger partial charge >= 0.3 is 0 Å². The molecule has 2 aromatic rings. The highest BCUT2D eigenvalue weighted by atomic mass is 16.2. The van der Waals surface area contributed by atoms with Crippen LogP contribution in [0.3, 0.4) is 0 Å². The highest BCUT2D eigenvalue weighted by Crippen LogP contribution is 2.41. The van der Waals surface area contributed by atoms with Gasteiger partial charge in [0.2, 0.25) is 0 Å². The van der Waals surface area contributed by atoms with Crippen molar-refractivity contribution in [3.63, 3.8) is 0 Å². The summed E-state index contributed by atoms with van der Waals surface area (Å²) in [5.41, 5.74) is 2.39. The first-order valence-corrected chi connectivity index (χ1v) is 9.16. The molecular formula is C19H25N5O. The van der Waals surface area contributed by atoms with Gasteiger partial charge in [0, 0.05) is 24.5 Å². The van der Waals surface area contributed by atoms with E-state index in [9.17, 15) is 4.79 Å². The monoisotopic (exact) mass is 339 g/mol. The quantitative estimate of drug-likeness (QED) is 0.841. The SMILES string of the molecule is CC(CNC(=O)c1nnn(-c2ccccc2)c1C1CC1)N(C)C1CC1. The van der Waals surface area contributed by atoms with Crippen LogP contribution < -0.4 is 5.32 Å². The fourth-order valence-corrected chi connectivity index (χ4v) is 3.24. The highest BCUT2D eigenvalue weighted by Gasteiger charge is 2.34. The molecule has 132 valence electrons. The van der Waals surface area contributed by atoms with Gasteiger partial charge in [-0.2, -0.15) is 0 Å². The van der Waals surface area contributed by atoms with E-state index in [0.717, 1.165) is 24.2 Å². The fraction of sp³-hybridized carbons (Fsp3) is 0.526. The summed E-state index contributed by atoms with van der Waals surface area (Å²) >= 11 is 0. The Morgan fingerprint density at radius 3 is 2.64 bits per heavy atom. The summed E-state index contributed by atoms with van der Waals surface area (Å²) in [5.74, 6) is 0.280. The maximum Gasteiger partial charge on any atom is 0.273 e. The first-order valence-electron chi connectivity index (χ1n) is 9.16. The molecule has 0 saturated heterocycles. The Labute approximate surface area is 148 Å². The number of benzene rings is 1. The van der Waals surface area contributed by atoms with Crippen LogP contribution in [0, 0.1) is 0 Å². The second-order valence-electron chi connectivity index (χ2n) is 7.30. The molecule has 4 rings (SSSR count). The third kappa shape index (κ3) is 3.44. The second-order valence-corrected chi connectivity index (χ2v) is 7.30. The molecule has 0 spiro atoms. The Bertz CT molecular complexity index is 748. The lowest BCUT2D eigenvalue weighted by molar-refractivity contribution is 0.0933. The van der Waals surface area contributed by atoms with Crippen molar-refractivity contribution >= 4 is 5.91 Å². The number of para-hydroxylation sites is 1. The van der Waals surface area contributed by atoms with Crippen molar-refractivity contribution in [1.82, 2.24) is 25.2 Å². The molecule has 2 aliphatic carbocycles. The lowest BCUT2D eigenvalue weighted by Gasteiger charge is -2.24. The van der Waals surface area contributed by atoms with E-state index in [4.69, 9.17) is 0 Å². The smallest absolute Gasteiger partial charge is 0.273 e. The van der Waals surface area contributed by atoms with Crippen LogP contribution in [0.15, 0.2) is 30.3 Å². The number of nitrogens with one attached hydrogen (secondary N) is 1. The highest BCUT2D eigenvalue weighted by molar-refractivity contribution is 5.93. The van der Waals surface area contributed by atoms with Gasteiger partial charge in [0.05, 0.1) is 11.4 Å². The summed E-state index contributed by atoms with van der Waals surface area (Å²) in [4.78, 5) is 15.1. The Kier molecular flexibility index (Phi) is 4.29. The van der Waals surface area contributed by atoms with Crippen molar-refractivity contribution in [2.24, 2.45) is 0 Å². The van der Waals surface area contributed by atoms with E-state index in [1.807, 2.05) is 35.0 Å². The summed E-state index contributed by atoms with van der Waals surface area (Å²) in [6, 6.07) is 10.9. The number of rotatable bonds is 7. The number of hydrogen-bond acceptors (Lipinski definition) is 4. The van der Waals surface area contributed by atoms with Crippen molar-refractivity contribution in [1.29, 1.82) is 0 Å². The summed E-state index contributed by atoms with van der Waals surface area (Å²) in [5, 5.41) is 11.5. The van der Waals surface area contributed by atoms with Gasteiger partial charge in [-0.25, -0.2) is 4.68 Å². The molecule has 2 aliphatic rings. The topological polar surface area (TPSA) is 63.1 Å². The van der Waals surface area contributed by atoms with E-state index in [1.54, 1.807) is 0 Å². The summed E-state index contributed by atoms with van der Waals surface area (Å²) < 4.78 is 1.83. The first-order chi connectivity index (χ1) is 12.1. The van der Waals surface area contributed by atoms with E-state index in [0.29, 0.717) is 30.2 Å². The van der Waals surface area contributed by atoms with E-state index >= 15 is 0 Å². The van der Waals surface area contributed by atoms with Crippen molar-refractivity contribution in [3.05, 3.63) is 41.7 Å². The summed E-state index contributed by atoms with van der Waals surface area (Å²) in [6.45, 7) is 2.79. The molecule has 2 fully saturated rings. The molecule has 1 amide bonds. The van der Waals surface area contributed by atoms with Crippen LogP contribution in [0.25, 0.3) is 5.69 Å². The molecule has 6 nitrogen and oxygen atoms in total. The Morgan fingerprint density at radius 2 is 2.00 bits per heavy atom. The summed E-state index contributed by atoms with van der Waals surface area (Å²) in [7, 11) is 2.13. The van der Waals surface area contributed by atoms with E-state index < -0.39 is 0 Å². The standard InChI is InChI=1S/C19H25N5O/c1-13(23(2)15-10-11-15)12-20-19(25)17-18(14-8-9-14)24(22-21-17)16-6-4-3-5-7-16/h3-7,13-15H,8-12H2,1-2H3,(H,20,25). The third-order valence-electron chi connectivity index (χ3n) is 5.26. The number of carbonyl (C=O) groups excluding carboxylic acids is 1. The van der Waals surface area contributed by atoms with Crippen LogP contribution in [0.5, 0.6) is 0 Å². The molecule has 1 atom stereocenters. The van der Waals surface area contributed by atoms with Crippen LogP contribution in [0.2, 0.25) is 0 Å². The van der Waals surface area contributed by atoms with E-state index in [-0.39, 0.29) is 5.91 Å². The molecule has 1 N–H and O–H groups in total. The molecule has 0 radical (unpaired) electrons. The van der Waals surface area contributed by atoms with Crippen molar-refractivity contribution in [2.45, 2.75) is 50.6 Å². The lowest BCUT2D eigenvalue weighted by atomic mass is 10.2. The minimum atomic E-state index is -0.111. The zero-order valence-corrected chi connectivity index (χ0v) is 14.9. The zero-order valence-electron chi connectivity index (χ0n) is 14.9. The minimum absolute atomic E-state index is 0.111. The molecule has 1 heterocycles. The number of amides is 1. The Hall–Kier alpha value is -2.21. The van der Waals surface area contributed by atoms with Gasteiger partial charge in [0.1, 0.15) is 0 Å². The van der Waals surface area contributed by atoms with Crippen LogP contribution in [0.4, 0.5) is 0 Å². The number of carbonyl (C=O) groups is 1. The molecule has 0 bridgehead atoms. The molecule has 0 aliphatic heterocycles. The van der Waals surface area contributed by atoms with Crippen molar-refractivity contribution in [3.8, 4) is 5.69 Å². The molecule has 1 aromatic carbocycles. The Morgan fingerprint density at radius 1 is 1.28 bits per heavy atom. The number of aromatic nitrogens is 3. The number of nitrogens with zero attached hydrogens (tertiary/aromatic N) is 4. The van der Waals surface area contributed by atoms with E-state index in [1.165, 1.54) is 12.8 Å². The van der Waals surface area contributed by atoms with Crippen LogP contribution in [0.1, 0.15) is 54.7 Å². The molecule has 1 aromatic heterocycles. The van der Waals surface area contributed by atoms with Gasteiger partial charge in [-0.05, 0) is 51.8 Å². The zero-order chi connectivity index (χ0) is 17.4. The van der Waals surface area contributed by atoms with Gasteiger partial charge < -0.3 is 5.32 Å². The predicted molar refractivity (Wildman–Crippen MR) is 95.9 cm³/mol. The van der Waals surface area contributed by atoms with Gasteiger partial charge in [-0.15, -0.1) is 5.10 Å². The Balaban J connectivity index is 1.50. The normalized spacial score (nSPS) is 18.4. The average Bonchev–Trinajstić information content (AvgIpc) is 3.57. The maximum absolute atomic E-state index is 12.7. The number of hydrogen-bond donors (Lipinski definition) is 1. The van der Waals surface area contributed by atoms with Gasteiger partial charge in [-0.3, -0.25) is 9.69 Å². The van der Waals surface area contributed by atoms with Crippen molar-refractivity contribution in [2.75, 3.05) is 13.6 Å².